The molecular weight excluding hydrogens is 607 g/mol. The van der Waals surface area contributed by atoms with Crippen molar-refractivity contribution in [1.29, 1.82) is 0 Å². The molecule has 1 heterocycles. The van der Waals surface area contributed by atoms with Gasteiger partial charge in [-0.1, -0.05) is 48.5 Å². The van der Waals surface area contributed by atoms with Crippen LogP contribution in [-0.4, -0.2) is 51.7 Å². The van der Waals surface area contributed by atoms with E-state index in [1.165, 1.54) is 37.4 Å². The summed E-state index contributed by atoms with van der Waals surface area (Å²) in [5, 5.41) is 12.9. The van der Waals surface area contributed by atoms with E-state index >= 15 is 0 Å². The molecule has 0 aliphatic heterocycles. The second-order valence-corrected chi connectivity index (χ2v) is 13.6. The van der Waals surface area contributed by atoms with Gasteiger partial charge >= 0.3 is 0 Å². The summed E-state index contributed by atoms with van der Waals surface area (Å²) in [5.74, 6) is -0.754. The van der Waals surface area contributed by atoms with Gasteiger partial charge in [0.05, 0.1) is 30.7 Å². The highest BCUT2D eigenvalue weighted by molar-refractivity contribution is 7.92. The Balaban J connectivity index is 1.52. The van der Waals surface area contributed by atoms with Crippen molar-refractivity contribution in [2.24, 2.45) is 0 Å². The van der Waals surface area contributed by atoms with Gasteiger partial charge in [-0.3, -0.25) is 13.9 Å². The first kappa shape index (κ1) is 31.2. The molecule has 0 spiro atoms. The van der Waals surface area contributed by atoms with Crippen LogP contribution in [-0.2, 0) is 15.4 Å². The van der Waals surface area contributed by atoms with Crippen molar-refractivity contribution in [1.82, 2.24) is 5.32 Å². The number of rotatable bonds is 11. The fraction of sp³-hybridized carbons (Fsp3) is 0.222. The van der Waals surface area contributed by atoms with Crippen molar-refractivity contribution in [3.63, 3.8) is 0 Å². The van der Waals surface area contributed by atoms with E-state index in [9.17, 15) is 27.5 Å². The minimum atomic E-state index is -3.89. The normalized spacial score (nSPS) is 13.8. The zero-order valence-corrected chi connectivity index (χ0v) is 26.2. The molecule has 0 atom stereocenters. The van der Waals surface area contributed by atoms with Crippen LogP contribution in [0, 0.1) is 5.82 Å². The summed E-state index contributed by atoms with van der Waals surface area (Å²) in [5.41, 5.74) is 3.46. The number of benzene rings is 4. The van der Waals surface area contributed by atoms with E-state index in [-0.39, 0.29) is 40.3 Å². The van der Waals surface area contributed by atoms with E-state index in [1.54, 1.807) is 30.3 Å². The molecule has 2 N–H and O–H groups in total. The molecule has 4 aromatic carbocycles. The lowest BCUT2D eigenvalue weighted by Gasteiger charge is -2.24. The van der Waals surface area contributed by atoms with E-state index in [1.807, 2.05) is 30.3 Å². The van der Waals surface area contributed by atoms with Crippen LogP contribution < -0.4 is 9.62 Å². The molecule has 1 amide bonds. The van der Waals surface area contributed by atoms with E-state index in [2.05, 4.69) is 5.32 Å². The van der Waals surface area contributed by atoms with Gasteiger partial charge in [0.2, 0.25) is 10.0 Å². The van der Waals surface area contributed by atoms with Gasteiger partial charge in [0.1, 0.15) is 17.2 Å². The van der Waals surface area contributed by atoms with E-state index in [0.29, 0.717) is 34.1 Å². The maximum absolute atomic E-state index is 13.8. The number of carbonyl (C=O) groups is 2. The van der Waals surface area contributed by atoms with Gasteiger partial charge in [-0.2, -0.15) is 0 Å². The number of hydrogen-bond acceptors (Lipinski definition) is 6. The summed E-state index contributed by atoms with van der Waals surface area (Å²) in [4.78, 5) is 26.9. The van der Waals surface area contributed by atoms with Gasteiger partial charge in [0, 0.05) is 47.0 Å². The second-order valence-electron chi connectivity index (χ2n) is 11.6. The number of sulfonamides is 1. The number of furan rings is 1. The number of anilines is 1. The Bertz CT molecular complexity index is 2050. The monoisotopic (exact) mass is 640 g/mol. The molecule has 236 valence electrons. The van der Waals surface area contributed by atoms with Crippen LogP contribution in [0.15, 0.2) is 95.4 Å². The molecule has 1 aliphatic carbocycles. The van der Waals surface area contributed by atoms with Gasteiger partial charge in [-0.05, 0) is 60.4 Å². The summed E-state index contributed by atoms with van der Waals surface area (Å²) in [6, 6.07) is 25.7. The minimum Gasteiger partial charge on any atom is -0.455 e. The lowest BCUT2D eigenvalue weighted by Crippen LogP contribution is -2.33. The second kappa shape index (κ2) is 12.2. The molecule has 1 aliphatic rings. The molecule has 10 heteroatoms. The minimum absolute atomic E-state index is 0.0332. The number of fused-ring (bicyclic) bond motifs is 1. The number of hydrogen-bond donors (Lipinski definition) is 2. The Morgan fingerprint density at radius 3 is 2.30 bits per heavy atom. The van der Waals surface area contributed by atoms with Crippen LogP contribution in [0.2, 0.25) is 0 Å². The number of amides is 1. The molecule has 0 bridgehead atoms. The Kier molecular flexibility index (Phi) is 8.26. The largest absolute Gasteiger partial charge is 0.455 e. The predicted octanol–water partition coefficient (Wildman–Crippen LogP) is 6.33. The summed E-state index contributed by atoms with van der Waals surface area (Å²) >= 11 is 0. The molecule has 1 aromatic heterocycles. The lowest BCUT2D eigenvalue weighted by molar-refractivity contribution is 0.0958. The smallest absolute Gasteiger partial charge is 0.255 e. The highest BCUT2D eigenvalue weighted by Gasteiger charge is 2.45. The Morgan fingerprint density at radius 1 is 0.957 bits per heavy atom. The van der Waals surface area contributed by atoms with Crippen LogP contribution in [0.1, 0.15) is 45.5 Å². The average Bonchev–Trinajstić information content (AvgIpc) is 3.74. The Labute approximate surface area is 266 Å². The fourth-order valence-electron chi connectivity index (χ4n) is 6.06. The number of aliphatic hydroxyl groups excluding tert-OH is 1. The molecule has 1 fully saturated rings. The molecule has 6 rings (SSSR count). The molecule has 0 unspecified atom stereocenters. The number of nitrogens with one attached hydrogen (secondary N) is 1. The number of halogens is 1. The van der Waals surface area contributed by atoms with Crippen LogP contribution in [0.4, 0.5) is 10.1 Å². The van der Waals surface area contributed by atoms with Crippen molar-refractivity contribution < 1.29 is 31.9 Å². The number of ketones is 1. The number of Topliss-reactive ketones (excluding diaryl/α,β-unsaturated/α-hetero) is 1. The maximum Gasteiger partial charge on any atom is 0.255 e. The molecule has 0 radical (unpaired) electrons. The van der Waals surface area contributed by atoms with E-state index in [4.69, 9.17) is 4.42 Å². The summed E-state index contributed by atoms with van der Waals surface area (Å²) < 4.78 is 47.0. The maximum atomic E-state index is 13.8. The highest BCUT2D eigenvalue weighted by atomic mass is 32.2. The topological polar surface area (TPSA) is 117 Å². The number of carbonyl (C=O) groups excluding carboxylic acids is 2. The van der Waals surface area contributed by atoms with Crippen LogP contribution in [0.25, 0.3) is 33.4 Å². The van der Waals surface area contributed by atoms with Gasteiger partial charge in [-0.25, -0.2) is 12.8 Å². The fourth-order valence-corrected chi connectivity index (χ4v) is 6.98. The summed E-state index contributed by atoms with van der Waals surface area (Å²) in [7, 11) is -2.41. The zero-order valence-electron chi connectivity index (χ0n) is 25.4. The van der Waals surface area contributed by atoms with Gasteiger partial charge in [-0.15, -0.1) is 0 Å². The van der Waals surface area contributed by atoms with Crippen LogP contribution in [0.5, 0.6) is 0 Å². The molecule has 8 nitrogen and oxygen atoms in total. The van der Waals surface area contributed by atoms with Crippen molar-refractivity contribution >= 4 is 38.4 Å². The predicted molar refractivity (Wildman–Crippen MR) is 176 cm³/mol. The number of aliphatic hydroxyl groups is 1. The SMILES string of the molecule is CNC(=O)c1c(-c2ccc(F)cc2)oc2cc(N(CCO)S(C)(=O)=O)c(-c3cccc(C(=O)CC4(c5ccccc5)CC4)c3)cc12. The quantitative estimate of drug-likeness (QED) is 0.163. The third-order valence-corrected chi connectivity index (χ3v) is 9.75. The first-order valence-corrected chi connectivity index (χ1v) is 16.8. The Morgan fingerprint density at radius 2 is 1.67 bits per heavy atom. The zero-order chi connectivity index (χ0) is 32.6. The molecule has 5 aromatic rings. The van der Waals surface area contributed by atoms with E-state index < -0.39 is 28.4 Å². The first-order chi connectivity index (χ1) is 22.0. The van der Waals surface area contributed by atoms with Gasteiger partial charge in [0.25, 0.3) is 5.91 Å². The standard InChI is InChI=1S/C36H33FN2O6S/c1-38-35(42)33-29-20-28(24-7-6-8-25(19-24)31(41)22-36(15-16-36)26-9-4-3-5-10-26)30(39(17-18-40)46(2,43)44)21-32(29)45-34(33)23-11-13-27(37)14-12-23/h3-14,19-21,40H,15-18,22H2,1-2H3,(H,38,42). The molecule has 46 heavy (non-hydrogen) atoms. The molecule has 0 saturated heterocycles. The van der Waals surface area contributed by atoms with Gasteiger partial charge in [0.15, 0.2) is 5.78 Å². The van der Waals surface area contributed by atoms with Crippen molar-refractivity contribution in [2.75, 3.05) is 30.8 Å². The van der Waals surface area contributed by atoms with Gasteiger partial charge < -0.3 is 14.8 Å². The summed E-state index contributed by atoms with van der Waals surface area (Å²) in [6.07, 6.45) is 3.23. The molecule has 1 saturated carbocycles. The molecular formula is C36H33FN2O6S. The summed E-state index contributed by atoms with van der Waals surface area (Å²) in [6.45, 7) is -0.684. The van der Waals surface area contributed by atoms with Crippen molar-refractivity contribution in [2.45, 2.75) is 24.7 Å². The van der Waals surface area contributed by atoms with Crippen molar-refractivity contribution in [3.05, 3.63) is 114 Å². The third-order valence-electron chi connectivity index (χ3n) is 8.57. The van der Waals surface area contributed by atoms with Crippen LogP contribution >= 0.6 is 0 Å². The third kappa shape index (κ3) is 5.93. The first-order valence-electron chi connectivity index (χ1n) is 14.9. The highest BCUT2D eigenvalue weighted by Crippen LogP contribution is 2.51. The Hall–Kier alpha value is -4.80. The number of nitrogens with zero attached hydrogens (tertiary/aromatic N) is 1. The lowest BCUT2D eigenvalue weighted by atomic mass is 9.88. The van der Waals surface area contributed by atoms with Crippen molar-refractivity contribution in [3.8, 4) is 22.5 Å². The van der Waals surface area contributed by atoms with E-state index in [0.717, 1.165) is 29.0 Å². The van der Waals surface area contributed by atoms with Crippen LogP contribution in [0.3, 0.4) is 0 Å². The average molecular weight is 641 g/mol.